The number of nitrogens with one attached hydrogen (secondary N) is 3. The van der Waals surface area contributed by atoms with Gasteiger partial charge in [0.05, 0.1) is 13.1 Å². The summed E-state index contributed by atoms with van der Waals surface area (Å²) >= 11 is 1.29. The zero-order valence-electron chi connectivity index (χ0n) is 13.4. The number of hydrogen-bond donors (Lipinski definition) is 3. The van der Waals surface area contributed by atoms with Gasteiger partial charge >= 0.3 is 0 Å². The molecule has 0 aliphatic rings. The molecule has 0 unspecified atom stereocenters. The minimum absolute atomic E-state index is 0.183. The highest BCUT2D eigenvalue weighted by Gasteiger charge is 2.10. The van der Waals surface area contributed by atoms with E-state index in [0.717, 1.165) is 11.1 Å². The molecule has 0 atom stereocenters. The third-order valence-corrected chi connectivity index (χ3v) is 3.71. The summed E-state index contributed by atoms with van der Waals surface area (Å²) in [5.41, 5.74) is 2.45. The van der Waals surface area contributed by atoms with Crippen LogP contribution in [0.2, 0.25) is 0 Å². The van der Waals surface area contributed by atoms with Gasteiger partial charge in [0.15, 0.2) is 5.13 Å². The van der Waals surface area contributed by atoms with Gasteiger partial charge < -0.3 is 16.0 Å². The molecule has 24 heavy (non-hydrogen) atoms. The van der Waals surface area contributed by atoms with E-state index in [1.165, 1.54) is 11.3 Å². The summed E-state index contributed by atoms with van der Waals surface area (Å²) in [6, 6.07) is 5.47. The Bertz CT molecular complexity index is 724. The van der Waals surface area contributed by atoms with Crippen LogP contribution in [-0.4, -0.2) is 35.8 Å². The summed E-state index contributed by atoms with van der Waals surface area (Å²) in [7, 11) is 0. The van der Waals surface area contributed by atoms with Crippen molar-refractivity contribution in [3.8, 4) is 0 Å². The molecule has 3 N–H and O–H groups in total. The maximum Gasteiger partial charge on any atom is 0.251 e. The summed E-state index contributed by atoms with van der Waals surface area (Å²) in [5.74, 6) is -1.15. The van der Waals surface area contributed by atoms with Crippen LogP contribution < -0.4 is 16.0 Å². The second-order valence-corrected chi connectivity index (χ2v) is 6.12. The average Bonchev–Trinajstić information content (AvgIpc) is 3.02. The molecule has 0 aliphatic heterocycles. The first-order chi connectivity index (χ1) is 11.4. The molecule has 8 heteroatoms. The molecule has 2 aromatic rings. The predicted octanol–water partition coefficient (Wildman–Crippen LogP) is 1.24. The van der Waals surface area contributed by atoms with E-state index in [1.54, 1.807) is 23.7 Å². The molecule has 1 heterocycles. The van der Waals surface area contributed by atoms with Crippen molar-refractivity contribution >= 4 is 34.2 Å². The molecular weight excluding hydrogens is 328 g/mol. The van der Waals surface area contributed by atoms with Crippen LogP contribution in [0, 0.1) is 13.8 Å². The molecule has 3 amide bonds. The van der Waals surface area contributed by atoms with Gasteiger partial charge in [-0.25, -0.2) is 4.98 Å². The van der Waals surface area contributed by atoms with Crippen LogP contribution in [0.5, 0.6) is 0 Å². The zero-order chi connectivity index (χ0) is 17.5. The van der Waals surface area contributed by atoms with Gasteiger partial charge in [-0.3, -0.25) is 14.4 Å². The molecule has 0 spiro atoms. The van der Waals surface area contributed by atoms with E-state index >= 15 is 0 Å². The number of benzene rings is 1. The lowest BCUT2D eigenvalue weighted by Gasteiger charge is -2.08. The first-order valence-electron chi connectivity index (χ1n) is 7.26. The van der Waals surface area contributed by atoms with Crippen molar-refractivity contribution in [3.05, 3.63) is 46.5 Å². The number of thiazole rings is 1. The molecule has 0 bridgehead atoms. The van der Waals surface area contributed by atoms with Gasteiger partial charge in [0, 0.05) is 17.1 Å². The first kappa shape index (κ1) is 17.6. The molecule has 7 nitrogen and oxygen atoms in total. The summed E-state index contributed by atoms with van der Waals surface area (Å²) < 4.78 is 0. The fourth-order valence-electron chi connectivity index (χ4n) is 2.06. The van der Waals surface area contributed by atoms with Crippen molar-refractivity contribution in [3.63, 3.8) is 0 Å². The number of hydrogen-bond acceptors (Lipinski definition) is 5. The van der Waals surface area contributed by atoms with Gasteiger partial charge in [-0.1, -0.05) is 17.2 Å². The third-order valence-electron chi connectivity index (χ3n) is 3.02. The minimum Gasteiger partial charge on any atom is -0.345 e. The molecule has 126 valence electrons. The number of rotatable bonds is 6. The molecular formula is C16H18N4O3S. The van der Waals surface area contributed by atoms with E-state index < -0.39 is 5.91 Å². The Morgan fingerprint density at radius 1 is 1.00 bits per heavy atom. The van der Waals surface area contributed by atoms with Crippen molar-refractivity contribution in [1.29, 1.82) is 0 Å². The lowest BCUT2D eigenvalue weighted by molar-refractivity contribution is -0.123. The minimum atomic E-state index is -0.443. The second kappa shape index (κ2) is 8.21. The van der Waals surface area contributed by atoms with Crippen molar-refractivity contribution in [1.82, 2.24) is 15.6 Å². The van der Waals surface area contributed by atoms with Crippen LogP contribution in [0.3, 0.4) is 0 Å². The number of aryl methyl sites for hydroxylation is 2. The van der Waals surface area contributed by atoms with Crippen LogP contribution in [0.1, 0.15) is 21.5 Å². The molecule has 2 rings (SSSR count). The van der Waals surface area contributed by atoms with E-state index in [4.69, 9.17) is 0 Å². The Kier molecular flexibility index (Phi) is 6.02. The smallest absolute Gasteiger partial charge is 0.251 e. The second-order valence-electron chi connectivity index (χ2n) is 5.22. The maximum absolute atomic E-state index is 12.0. The number of aromatic nitrogens is 1. The van der Waals surface area contributed by atoms with Gasteiger partial charge in [-0.2, -0.15) is 0 Å². The molecule has 0 fully saturated rings. The third kappa shape index (κ3) is 5.47. The highest BCUT2D eigenvalue weighted by atomic mass is 32.1. The fourth-order valence-corrected chi connectivity index (χ4v) is 2.60. The number of anilines is 1. The maximum atomic E-state index is 12.0. The van der Waals surface area contributed by atoms with Gasteiger partial charge in [-0.05, 0) is 26.0 Å². The number of carbonyl (C=O) groups excluding carboxylic acids is 3. The Balaban J connectivity index is 1.74. The van der Waals surface area contributed by atoms with E-state index in [2.05, 4.69) is 20.9 Å². The van der Waals surface area contributed by atoms with Crippen molar-refractivity contribution in [2.24, 2.45) is 0 Å². The first-order valence-corrected chi connectivity index (χ1v) is 8.14. The topological polar surface area (TPSA) is 100 Å². The molecule has 1 aromatic heterocycles. The lowest BCUT2D eigenvalue weighted by Crippen LogP contribution is -2.40. The van der Waals surface area contributed by atoms with E-state index in [-0.39, 0.29) is 24.9 Å². The van der Waals surface area contributed by atoms with Crippen LogP contribution in [0.15, 0.2) is 29.8 Å². The molecule has 0 aliphatic carbocycles. The highest BCUT2D eigenvalue weighted by Crippen LogP contribution is 2.09. The lowest BCUT2D eigenvalue weighted by atomic mass is 10.1. The average molecular weight is 346 g/mol. The predicted molar refractivity (Wildman–Crippen MR) is 92.0 cm³/mol. The van der Waals surface area contributed by atoms with E-state index in [1.807, 2.05) is 19.9 Å². The van der Waals surface area contributed by atoms with Crippen LogP contribution in [-0.2, 0) is 9.59 Å². The van der Waals surface area contributed by atoms with Gasteiger partial charge in [0.2, 0.25) is 11.8 Å². The summed E-state index contributed by atoms with van der Waals surface area (Å²) in [6.45, 7) is 3.42. The standard InChI is InChI=1S/C16H18N4O3S/c1-10-5-11(2)7-12(6-10)15(23)19-8-13(21)18-9-14(22)20-16-17-3-4-24-16/h3-7H,8-9H2,1-2H3,(H,18,21)(H,19,23)(H,17,20,22). The van der Waals surface area contributed by atoms with Crippen LogP contribution in [0.25, 0.3) is 0 Å². The van der Waals surface area contributed by atoms with Crippen LogP contribution in [0.4, 0.5) is 5.13 Å². The molecule has 1 aromatic carbocycles. The Morgan fingerprint density at radius 3 is 2.29 bits per heavy atom. The van der Waals surface area contributed by atoms with Gasteiger partial charge in [-0.15, -0.1) is 11.3 Å². The summed E-state index contributed by atoms with van der Waals surface area (Å²) in [5, 5.41) is 9.71. The Labute approximate surface area is 143 Å². The Morgan fingerprint density at radius 2 is 1.67 bits per heavy atom. The van der Waals surface area contributed by atoms with Gasteiger partial charge in [0.25, 0.3) is 5.91 Å². The van der Waals surface area contributed by atoms with Gasteiger partial charge in [0.1, 0.15) is 0 Å². The zero-order valence-corrected chi connectivity index (χ0v) is 14.2. The largest absolute Gasteiger partial charge is 0.345 e. The molecule has 0 saturated heterocycles. The normalized spacial score (nSPS) is 10.1. The quantitative estimate of drug-likeness (QED) is 0.733. The molecule has 0 radical (unpaired) electrons. The SMILES string of the molecule is Cc1cc(C)cc(C(=O)NCC(=O)NCC(=O)Nc2nccs2)c1. The Hall–Kier alpha value is -2.74. The van der Waals surface area contributed by atoms with E-state index in [0.29, 0.717) is 10.7 Å². The fraction of sp³-hybridized carbons (Fsp3) is 0.250. The van der Waals surface area contributed by atoms with Crippen molar-refractivity contribution < 1.29 is 14.4 Å². The van der Waals surface area contributed by atoms with Crippen molar-refractivity contribution in [2.75, 3.05) is 18.4 Å². The summed E-state index contributed by atoms with van der Waals surface area (Å²) in [6.07, 6.45) is 1.57. The number of carbonyl (C=O) groups is 3. The monoisotopic (exact) mass is 346 g/mol. The number of amides is 3. The van der Waals surface area contributed by atoms with Crippen LogP contribution >= 0.6 is 11.3 Å². The van der Waals surface area contributed by atoms with E-state index in [9.17, 15) is 14.4 Å². The molecule has 0 saturated carbocycles. The summed E-state index contributed by atoms with van der Waals surface area (Å²) in [4.78, 5) is 39.2. The number of nitrogens with zero attached hydrogens (tertiary/aromatic N) is 1. The highest BCUT2D eigenvalue weighted by molar-refractivity contribution is 7.13. The van der Waals surface area contributed by atoms with Crippen molar-refractivity contribution in [2.45, 2.75) is 13.8 Å².